The number of thioether (sulfide) groups is 1. The lowest BCUT2D eigenvalue weighted by molar-refractivity contribution is 0.597. The third kappa shape index (κ3) is 2.24. The maximum atomic E-state index is 11.5. The molecule has 0 aromatic heterocycles. The number of anilines is 1. The minimum atomic E-state index is -3.19. The molecule has 82 valence electrons. The minimum absolute atomic E-state index is 0.511. The number of fused-ring (bicyclic) bond motifs is 1. The Bertz CT molecular complexity index is 487. The van der Waals surface area contributed by atoms with E-state index in [4.69, 9.17) is 11.6 Å². The van der Waals surface area contributed by atoms with Gasteiger partial charge in [0.1, 0.15) is 0 Å². The van der Waals surface area contributed by atoms with Crippen LogP contribution in [0, 0.1) is 0 Å². The van der Waals surface area contributed by atoms with E-state index < -0.39 is 10.0 Å². The third-order valence-corrected chi connectivity index (χ3v) is 4.60. The van der Waals surface area contributed by atoms with E-state index in [0.717, 1.165) is 10.6 Å². The van der Waals surface area contributed by atoms with Crippen LogP contribution in [0.1, 0.15) is 0 Å². The van der Waals surface area contributed by atoms with E-state index >= 15 is 0 Å². The number of nitrogens with zero attached hydrogens (tertiary/aromatic N) is 1. The molecule has 1 aromatic rings. The number of sulfonamides is 1. The van der Waals surface area contributed by atoms with Crippen molar-refractivity contribution in [2.24, 2.45) is 0 Å². The van der Waals surface area contributed by atoms with Gasteiger partial charge in [0.05, 0.1) is 11.9 Å². The molecule has 6 heteroatoms. The highest BCUT2D eigenvalue weighted by Gasteiger charge is 2.24. The molecule has 0 spiro atoms. The minimum Gasteiger partial charge on any atom is -0.268 e. The van der Waals surface area contributed by atoms with Gasteiger partial charge in [0, 0.05) is 22.2 Å². The van der Waals surface area contributed by atoms with Crippen LogP contribution >= 0.6 is 23.4 Å². The van der Waals surface area contributed by atoms with Crippen LogP contribution in [0.5, 0.6) is 0 Å². The van der Waals surface area contributed by atoms with Crippen LogP contribution in [-0.2, 0) is 10.0 Å². The molecule has 0 fully saturated rings. The van der Waals surface area contributed by atoms with Crippen LogP contribution in [0.25, 0.3) is 0 Å². The average Bonchev–Trinajstić information content (AvgIpc) is 2.15. The smallest absolute Gasteiger partial charge is 0.232 e. The van der Waals surface area contributed by atoms with Gasteiger partial charge in [0.2, 0.25) is 10.0 Å². The van der Waals surface area contributed by atoms with E-state index in [1.165, 1.54) is 10.6 Å². The van der Waals surface area contributed by atoms with E-state index in [2.05, 4.69) is 0 Å². The van der Waals surface area contributed by atoms with Gasteiger partial charge in [0.25, 0.3) is 0 Å². The zero-order chi connectivity index (χ0) is 11.1. The van der Waals surface area contributed by atoms with Crippen LogP contribution in [-0.4, -0.2) is 27.0 Å². The Morgan fingerprint density at radius 1 is 1.47 bits per heavy atom. The first-order valence-corrected chi connectivity index (χ1v) is 7.60. The second kappa shape index (κ2) is 3.88. The fourth-order valence-corrected chi connectivity index (χ4v) is 3.76. The predicted molar refractivity (Wildman–Crippen MR) is 64.4 cm³/mol. The largest absolute Gasteiger partial charge is 0.268 e. The molecule has 0 saturated carbocycles. The Labute approximate surface area is 98.5 Å². The highest BCUT2D eigenvalue weighted by Crippen LogP contribution is 2.37. The monoisotopic (exact) mass is 263 g/mol. The molecule has 1 aliphatic rings. The molecule has 15 heavy (non-hydrogen) atoms. The molecule has 1 aliphatic heterocycles. The lowest BCUT2D eigenvalue weighted by Gasteiger charge is -2.28. The van der Waals surface area contributed by atoms with Gasteiger partial charge in [0.15, 0.2) is 0 Å². The fourth-order valence-electron chi connectivity index (χ4n) is 1.51. The molecule has 0 unspecified atom stereocenters. The zero-order valence-electron chi connectivity index (χ0n) is 8.10. The fraction of sp³-hybridized carbons (Fsp3) is 0.333. The number of rotatable bonds is 1. The van der Waals surface area contributed by atoms with Crippen molar-refractivity contribution in [1.29, 1.82) is 0 Å². The molecular weight excluding hydrogens is 254 g/mol. The number of hydrogen-bond donors (Lipinski definition) is 0. The SMILES string of the molecule is CS(=O)(=O)N1CCSc2ccc(Cl)cc21. The molecule has 0 aliphatic carbocycles. The molecule has 1 aromatic carbocycles. The van der Waals surface area contributed by atoms with Gasteiger partial charge in [-0.15, -0.1) is 11.8 Å². The predicted octanol–water partition coefficient (Wildman–Crippen LogP) is 2.21. The Morgan fingerprint density at radius 2 is 2.20 bits per heavy atom. The summed E-state index contributed by atoms with van der Waals surface area (Å²) < 4.78 is 24.5. The summed E-state index contributed by atoms with van der Waals surface area (Å²) in [6, 6.07) is 5.34. The van der Waals surface area contributed by atoms with Crippen molar-refractivity contribution in [3.63, 3.8) is 0 Å². The van der Waals surface area contributed by atoms with Crippen LogP contribution in [0.15, 0.2) is 23.1 Å². The van der Waals surface area contributed by atoms with E-state index in [-0.39, 0.29) is 0 Å². The van der Waals surface area contributed by atoms with Crippen LogP contribution in [0.3, 0.4) is 0 Å². The molecule has 1 heterocycles. The first-order chi connectivity index (χ1) is 6.98. The van der Waals surface area contributed by atoms with Crippen molar-refractivity contribution in [3.05, 3.63) is 23.2 Å². The Balaban J connectivity index is 2.55. The van der Waals surface area contributed by atoms with E-state index in [0.29, 0.717) is 17.3 Å². The molecule has 0 bridgehead atoms. The lowest BCUT2D eigenvalue weighted by Crippen LogP contribution is -2.34. The molecule has 0 atom stereocenters. The number of benzene rings is 1. The summed E-state index contributed by atoms with van der Waals surface area (Å²) in [5.41, 5.74) is 0.696. The maximum Gasteiger partial charge on any atom is 0.232 e. The molecule has 0 N–H and O–H groups in total. The Hall–Kier alpha value is -0.390. The van der Waals surface area contributed by atoms with Gasteiger partial charge in [-0.2, -0.15) is 0 Å². The van der Waals surface area contributed by atoms with Gasteiger partial charge in [-0.05, 0) is 18.2 Å². The number of halogens is 1. The van der Waals surface area contributed by atoms with E-state index in [1.807, 2.05) is 6.07 Å². The second-order valence-corrected chi connectivity index (χ2v) is 6.78. The highest BCUT2D eigenvalue weighted by molar-refractivity contribution is 8.00. The van der Waals surface area contributed by atoms with Gasteiger partial charge < -0.3 is 0 Å². The summed E-state index contributed by atoms with van der Waals surface area (Å²) in [6.07, 6.45) is 1.22. The van der Waals surface area contributed by atoms with E-state index in [9.17, 15) is 8.42 Å². The maximum absolute atomic E-state index is 11.5. The second-order valence-electron chi connectivity index (χ2n) is 3.30. The van der Waals surface area contributed by atoms with Crippen molar-refractivity contribution < 1.29 is 8.42 Å². The summed E-state index contributed by atoms with van der Waals surface area (Å²) >= 11 is 7.51. The third-order valence-electron chi connectivity index (χ3n) is 2.14. The lowest BCUT2D eigenvalue weighted by atomic mass is 10.3. The molecule has 2 rings (SSSR count). The topological polar surface area (TPSA) is 37.4 Å². The summed E-state index contributed by atoms with van der Waals surface area (Å²) in [7, 11) is -3.19. The van der Waals surface area contributed by atoms with Crippen LogP contribution in [0.4, 0.5) is 5.69 Å². The van der Waals surface area contributed by atoms with Gasteiger partial charge >= 0.3 is 0 Å². The van der Waals surface area contributed by atoms with Crippen molar-refractivity contribution >= 4 is 39.1 Å². The Morgan fingerprint density at radius 3 is 2.87 bits per heavy atom. The first kappa shape index (κ1) is 11.1. The molecule has 0 radical (unpaired) electrons. The summed E-state index contributed by atoms with van der Waals surface area (Å²) in [6.45, 7) is 0.511. The summed E-state index contributed by atoms with van der Waals surface area (Å²) in [5.74, 6) is 0.779. The molecule has 0 amide bonds. The van der Waals surface area contributed by atoms with Gasteiger partial charge in [-0.1, -0.05) is 11.6 Å². The normalized spacial score (nSPS) is 16.3. The average molecular weight is 264 g/mol. The quantitative estimate of drug-likeness (QED) is 0.780. The van der Waals surface area contributed by atoms with Gasteiger partial charge in [-0.25, -0.2) is 8.42 Å². The summed E-state index contributed by atoms with van der Waals surface area (Å²) in [5, 5.41) is 0.560. The molecule has 0 saturated heterocycles. The summed E-state index contributed by atoms with van der Waals surface area (Å²) in [4.78, 5) is 0.969. The van der Waals surface area contributed by atoms with Crippen molar-refractivity contribution in [1.82, 2.24) is 0 Å². The highest BCUT2D eigenvalue weighted by atomic mass is 35.5. The molecule has 3 nitrogen and oxygen atoms in total. The van der Waals surface area contributed by atoms with Gasteiger partial charge in [-0.3, -0.25) is 4.31 Å². The van der Waals surface area contributed by atoms with Crippen molar-refractivity contribution in [3.8, 4) is 0 Å². The molecular formula is C9H10ClNO2S2. The number of hydrogen-bond acceptors (Lipinski definition) is 3. The first-order valence-electron chi connectivity index (χ1n) is 4.38. The van der Waals surface area contributed by atoms with Crippen molar-refractivity contribution in [2.75, 3.05) is 22.9 Å². The standard InChI is InChI=1S/C9H10ClNO2S2/c1-15(12,13)11-4-5-14-9-3-2-7(10)6-8(9)11/h2-3,6H,4-5H2,1H3. The van der Waals surface area contributed by atoms with Crippen LogP contribution < -0.4 is 4.31 Å². The zero-order valence-corrected chi connectivity index (χ0v) is 10.5. The van der Waals surface area contributed by atoms with Crippen LogP contribution in [0.2, 0.25) is 5.02 Å². The Kier molecular flexibility index (Phi) is 2.87. The van der Waals surface area contributed by atoms with Crippen molar-refractivity contribution in [2.45, 2.75) is 4.90 Å². The van der Waals surface area contributed by atoms with E-state index in [1.54, 1.807) is 23.9 Å².